The molecule has 1 aliphatic rings. The van der Waals surface area contributed by atoms with Crippen LogP contribution in [0.2, 0.25) is 0 Å². The van der Waals surface area contributed by atoms with E-state index >= 15 is 0 Å². The molecule has 0 bridgehead atoms. The molecule has 104 valence electrons. The molecule has 1 saturated heterocycles. The summed E-state index contributed by atoms with van der Waals surface area (Å²) in [6, 6.07) is 3.98. The minimum atomic E-state index is -0.321. The number of rotatable bonds is 4. The molecule has 2 N–H and O–H groups in total. The van der Waals surface area contributed by atoms with E-state index in [4.69, 9.17) is 0 Å². The summed E-state index contributed by atoms with van der Waals surface area (Å²) in [7, 11) is 0. The highest BCUT2D eigenvalue weighted by Crippen LogP contribution is 2.26. The van der Waals surface area contributed by atoms with E-state index in [9.17, 15) is 10.1 Å². The lowest BCUT2D eigenvalue weighted by atomic mass is 10.0. The van der Waals surface area contributed by atoms with Crippen molar-refractivity contribution in [2.75, 3.05) is 18.4 Å². The minimum absolute atomic E-state index is 0.185. The average Bonchev–Trinajstić information content (AvgIpc) is 2.38. The van der Waals surface area contributed by atoms with Crippen molar-refractivity contribution in [3.8, 4) is 0 Å². The van der Waals surface area contributed by atoms with Crippen LogP contribution in [0.5, 0.6) is 0 Å². The number of nitro groups is 1. The van der Waals surface area contributed by atoms with Gasteiger partial charge in [-0.3, -0.25) is 10.1 Å². The SMILES string of the molecule is Cc1cc(C)c([N+](=O)[O-])cc1NCC1CCCCN1. The number of aryl methyl sites for hydroxylation is 2. The zero-order valence-corrected chi connectivity index (χ0v) is 11.5. The molecule has 1 aromatic rings. The van der Waals surface area contributed by atoms with Gasteiger partial charge in [0.2, 0.25) is 0 Å². The Morgan fingerprint density at radius 2 is 2.16 bits per heavy atom. The van der Waals surface area contributed by atoms with Gasteiger partial charge >= 0.3 is 0 Å². The molecular weight excluding hydrogens is 242 g/mol. The van der Waals surface area contributed by atoms with Crippen LogP contribution in [0.3, 0.4) is 0 Å². The molecule has 5 heteroatoms. The molecule has 0 amide bonds. The van der Waals surface area contributed by atoms with Gasteiger partial charge in [-0.05, 0) is 44.9 Å². The lowest BCUT2D eigenvalue weighted by molar-refractivity contribution is -0.385. The molecule has 1 atom stereocenters. The third-order valence-corrected chi connectivity index (χ3v) is 3.69. The Morgan fingerprint density at radius 1 is 1.37 bits per heavy atom. The molecule has 0 aromatic heterocycles. The first-order chi connectivity index (χ1) is 9.08. The van der Waals surface area contributed by atoms with E-state index in [1.165, 1.54) is 19.3 Å². The number of hydrogen-bond donors (Lipinski definition) is 2. The van der Waals surface area contributed by atoms with Gasteiger partial charge in [-0.15, -0.1) is 0 Å². The second kappa shape index (κ2) is 6.02. The fourth-order valence-corrected chi connectivity index (χ4v) is 2.56. The van der Waals surface area contributed by atoms with E-state index in [0.29, 0.717) is 11.6 Å². The van der Waals surface area contributed by atoms with E-state index in [1.807, 2.05) is 13.0 Å². The summed E-state index contributed by atoms with van der Waals surface area (Å²) in [4.78, 5) is 10.6. The predicted octanol–water partition coefficient (Wildman–Crippen LogP) is 2.77. The van der Waals surface area contributed by atoms with Crippen molar-refractivity contribution in [2.45, 2.75) is 39.2 Å². The van der Waals surface area contributed by atoms with Gasteiger partial charge in [-0.2, -0.15) is 0 Å². The van der Waals surface area contributed by atoms with Crippen LogP contribution in [0.1, 0.15) is 30.4 Å². The molecule has 1 fully saturated rings. The number of nitrogens with one attached hydrogen (secondary N) is 2. The largest absolute Gasteiger partial charge is 0.383 e. The van der Waals surface area contributed by atoms with E-state index in [0.717, 1.165) is 24.3 Å². The van der Waals surface area contributed by atoms with Crippen LogP contribution >= 0.6 is 0 Å². The first-order valence-electron chi connectivity index (χ1n) is 6.81. The van der Waals surface area contributed by atoms with Crippen LogP contribution in [0.15, 0.2) is 12.1 Å². The smallest absolute Gasteiger partial charge is 0.274 e. The summed E-state index contributed by atoms with van der Waals surface area (Å²) in [5.74, 6) is 0. The predicted molar refractivity (Wildman–Crippen MR) is 76.7 cm³/mol. The Hall–Kier alpha value is -1.62. The third-order valence-electron chi connectivity index (χ3n) is 3.69. The normalized spacial score (nSPS) is 19.2. The van der Waals surface area contributed by atoms with Gasteiger partial charge in [0, 0.05) is 29.9 Å². The zero-order valence-electron chi connectivity index (χ0n) is 11.5. The highest BCUT2D eigenvalue weighted by atomic mass is 16.6. The highest BCUT2D eigenvalue weighted by molar-refractivity contribution is 5.60. The summed E-state index contributed by atoms with van der Waals surface area (Å²) in [5.41, 5.74) is 2.82. The number of nitrogens with zero attached hydrogens (tertiary/aromatic N) is 1. The Balaban J connectivity index is 2.06. The zero-order chi connectivity index (χ0) is 13.8. The van der Waals surface area contributed by atoms with Crippen molar-refractivity contribution < 1.29 is 4.92 Å². The highest BCUT2D eigenvalue weighted by Gasteiger charge is 2.16. The van der Waals surface area contributed by atoms with Gasteiger partial charge in [-0.1, -0.05) is 6.42 Å². The number of hydrogen-bond acceptors (Lipinski definition) is 4. The molecule has 0 aliphatic carbocycles. The van der Waals surface area contributed by atoms with E-state index < -0.39 is 0 Å². The molecule has 1 aliphatic heterocycles. The molecular formula is C14H21N3O2. The summed E-state index contributed by atoms with van der Waals surface area (Å²) in [5, 5.41) is 17.8. The first-order valence-corrected chi connectivity index (χ1v) is 6.81. The molecule has 0 radical (unpaired) electrons. The van der Waals surface area contributed by atoms with Gasteiger partial charge in [0.25, 0.3) is 5.69 Å². The van der Waals surface area contributed by atoms with Gasteiger partial charge in [0.05, 0.1) is 4.92 Å². The number of anilines is 1. The Labute approximate surface area is 113 Å². The topological polar surface area (TPSA) is 67.2 Å². The van der Waals surface area contributed by atoms with Crippen LogP contribution < -0.4 is 10.6 Å². The molecule has 19 heavy (non-hydrogen) atoms. The fourth-order valence-electron chi connectivity index (χ4n) is 2.56. The summed E-state index contributed by atoms with van der Waals surface area (Å²) < 4.78 is 0. The summed E-state index contributed by atoms with van der Waals surface area (Å²) >= 11 is 0. The van der Waals surface area contributed by atoms with E-state index in [1.54, 1.807) is 13.0 Å². The second-order valence-electron chi connectivity index (χ2n) is 5.24. The lowest BCUT2D eigenvalue weighted by Gasteiger charge is -2.24. The maximum Gasteiger partial charge on any atom is 0.274 e. The van der Waals surface area contributed by atoms with Crippen molar-refractivity contribution in [2.24, 2.45) is 0 Å². The van der Waals surface area contributed by atoms with Crippen molar-refractivity contribution in [3.05, 3.63) is 33.4 Å². The minimum Gasteiger partial charge on any atom is -0.383 e. The van der Waals surface area contributed by atoms with E-state index in [2.05, 4.69) is 10.6 Å². The van der Waals surface area contributed by atoms with Crippen molar-refractivity contribution in [1.82, 2.24) is 5.32 Å². The van der Waals surface area contributed by atoms with Crippen LogP contribution in [0, 0.1) is 24.0 Å². The second-order valence-corrected chi connectivity index (χ2v) is 5.24. The van der Waals surface area contributed by atoms with E-state index in [-0.39, 0.29) is 10.6 Å². The van der Waals surface area contributed by atoms with Crippen molar-refractivity contribution in [1.29, 1.82) is 0 Å². The molecule has 2 rings (SSSR count). The molecule has 1 aromatic carbocycles. The van der Waals surface area contributed by atoms with Gasteiger partial charge in [-0.25, -0.2) is 0 Å². The molecule has 0 saturated carbocycles. The number of nitro benzene ring substituents is 1. The summed E-state index contributed by atoms with van der Waals surface area (Å²) in [6.07, 6.45) is 3.66. The molecule has 1 unspecified atom stereocenters. The quantitative estimate of drug-likeness (QED) is 0.647. The Bertz CT molecular complexity index is 468. The summed E-state index contributed by atoms with van der Waals surface area (Å²) in [6.45, 7) is 5.64. The van der Waals surface area contributed by atoms with Gasteiger partial charge < -0.3 is 10.6 Å². The van der Waals surface area contributed by atoms with Crippen LogP contribution in [0.25, 0.3) is 0 Å². The monoisotopic (exact) mass is 263 g/mol. The maximum atomic E-state index is 11.0. The number of piperidine rings is 1. The number of benzene rings is 1. The maximum absolute atomic E-state index is 11.0. The molecule has 5 nitrogen and oxygen atoms in total. The average molecular weight is 263 g/mol. The standard InChI is InChI=1S/C14H21N3O2/c1-10-7-11(2)14(17(18)19)8-13(10)16-9-12-5-3-4-6-15-12/h7-8,12,15-16H,3-6,9H2,1-2H3. The molecule has 0 spiro atoms. The Kier molecular flexibility index (Phi) is 4.37. The first kappa shape index (κ1) is 13.8. The van der Waals surface area contributed by atoms with Crippen molar-refractivity contribution in [3.63, 3.8) is 0 Å². The third kappa shape index (κ3) is 3.44. The van der Waals surface area contributed by atoms with Crippen LogP contribution in [-0.2, 0) is 0 Å². The van der Waals surface area contributed by atoms with Crippen molar-refractivity contribution >= 4 is 11.4 Å². The van der Waals surface area contributed by atoms with Crippen LogP contribution in [-0.4, -0.2) is 24.1 Å². The van der Waals surface area contributed by atoms with Gasteiger partial charge in [0.1, 0.15) is 0 Å². The molecule has 1 heterocycles. The lowest BCUT2D eigenvalue weighted by Crippen LogP contribution is -2.39. The fraction of sp³-hybridized carbons (Fsp3) is 0.571. The van der Waals surface area contributed by atoms with Gasteiger partial charge in [0.15, 0.2) is 0 Å². The van der Waals surface area contributed by atoms with Crippen LogP contribution in [0.4, 0.5) is 11.4 Å². The Morgan fingerprint density at radius 3 is 2.79 bits per heavy atom.